The summed E-state index contributed by atoms with van der Waals surface area (Å²) in [5.74, 6) is -0.0782. The summed E-state index contributed by atoms with van der Waals surface area (Å²) in [6.07, 6.45) is 0.0483. The Morgan fingerprint density at radius 2 is 2.31 bits per heavy atom. The molecule has 2 N–H and O–H groups in total. The summed E-state index contributed by atoms with van der Waals surface area (Å²) >= 11 is 6.07. The van der Waals surface area contributed by atoms with Crippen LogP contribution in [0.2, 0.25) is 5.02 Å². The molecule has 84 valence electrons. The highest BCUT2D eigenvalue weighted by Gasteiger charge is 2.33. The Hall–Kier alpha value is -1.26. The summed E-state index contributed by atoms with van der Waals surface area (Å²) in [7, 11) is 0. The van der Waals surface area contributed by atoms with E-state index in [9.17, 15) is 4.79 Å². The molecule has 4 nitrogen and oxygen atoms in total. The lowest BCUT2D eigenvalue weighted by Gasteiger charge is -2.42. The largest absolute Gasteiger partial charge is 0.348 e. The molecule has 2 heterocycles. The molecule has 2 aliphatic rings. The Bertz CT molecular complexity index is 449. The third kappa shape index (κ3) is 1.37. The van der Waals surface area contributed by atoms with E-state index in [0.717, 1.165) is 25.3 Å². The molecule has 2 aliphatic heterocycles. The average molecular weight is 238 g/mol. The Morgan fingerprint density at radius 1 is 1.44 bits per heavy atom. The number of amides is 1. The van der Waals surface area contributed by atoms with Gasteiger partial charge in [0.25, 0.3) is 5.91 Å². The molecule has 0 aliphatic carbocycles. The fourth-order valence-electron chi connectivity index (χ4n) is 2.32. The van der Waals surface area contributed by atoms with Crippen molar-refractivity contribution in [2.75, 3.05) is 24.5 Å². The molecule has 1 atom stereocenters. The SMILES string of the molecule is O=C1N[C@@H]2CNCCN2c2cccc(Cl)c21. The Balaban J connectivity index is 2.11. The molecule has 1 amide bonds. The summed E-state index contributed by atoms with van der Waals surface area (Å²) in [4.78, 5) is 14.1. The highest BCUT2D eigenvalue weighted by Crippen LogP contribution is 2.31. The minimum Gasteiger partial charge on any atom is -0.348 e. The van der Waals surface area contributed by atoms with E-state index in [4.69, 9.17) is 11.6 Å². The third-order valence-corrected chi connectivity index (χ3v) is 3.38. The number of carbonyl (C=O) groups excluding carboxylic acids is 1. The quantitative estimate of drug-likeness (QED) is 0.702. The lowest BCUT2D eigenvalue weighted by Crippen LogP contribution is -2.62. The van der Waals surface area contributed by atoms with Gasteiger partial charge in [-0.15, -0.1) is 0 Å². The lowest BCUT2D eigenvalue weighted by molar-refractivity contribution is 0.0923. The zero-order valence-corrected chi connectivity index (χ0v) is 9.42. The van der Waals surface area contributed by atoms with E-state index in [0.29, 0.717) is 10.6 Å². The van der Waals surface area contributed by atoms with Crippen molar-refractivity contribution in [1.82, 2.24) is 10.6 Å². The minimum atomic E-state index is -0.0782. The molecular formula is C11H12ClN3O. The molecule has 0 saturated carbocycles. The van der Waals surface area contributed by atoms with Crippen LogP contribution in [0.5, 0.6) is 0 Å². The van der Waals surface area contributed by atoms with Crippen LogP contribution in [0, 0.1) is 0 Å². The molecule has 1 aromatic carbocycles. The van der Waals surface area contributed by atoms with Crippen LogP contribution in [0.1, 0.15) is 10.4 Å². The zero-order chi connectivity index (χ0) is 11.1. The molecule has 16 heavy (non-hydrogen) atoms. The van der Waals surface area contributed by atoms with Crippen LogP contribution in [0.15, 0.2) is 18.2 Å². The first-order chi connectivity index (χ1) is 7.77. The number of anilines is 1. The average Bonchev–Trinajstić information content (AvgIpc) is 2.29. The van der Waals surface area contributed by atoms with Gasteiger partial charge in [0, 0.05) is 19.6 Å². The first kappa shape index (κ1) is 9.93. The molecule has 0 bridgehead atoms. The van der Waals surface area contributed by atoms with Crippen molar-refractivity contribution in [1.29, 1.82) is 0 Å². The molecule has 5 heteroatoms. The van der Waals surface area contributed by atoms with Gasteiger partial charge in [-0.05, 0) is 12.1 Å². The number of rotatable bonds is 0. The number of piperazine rings is 1. The topological polar surface area (TPSA) is 44.4 Å². The van der Waals surface area contributed by atoms with E-state index in [1.54, 1.807) is 6.07 Å². The maximum Gasteiger partial charge on any atom is 0.256 e. The van der Waals surface area contributed by atoms with Gasteiger partial charge in [0.05, 0.1) is 16.3 Å². The summed E-state index contributed by atoms with van der Waals surface area (Å²) in [6.45, 7) is 2.59. The predicted molar refractivity (Wildman–Crippen MR) is 62.9 cm³/mol. The number of halogens is 1. The van der Waals surface area contributed by atoms with Gasteiger partial charge in [-0.1, -0.05) is 17.7 Å². The maximum absolute atomic E-state index is 11.9. The summed E-state index contributed by atoms with van der Waals surface area (Å²) in [5.41, 5.74) is 1.55. The predicted octanol–water partition coefficient (Wildman–Crippen LogP) is 0.819. The summed E-state index contributed by atoms with van der Waals surface area (Å²) in [6, 6.07) is 5.60. The Morgan fingerprint density at radius 3 is 3.19 bits per heavy atom. The van der Waals surface area contributed by atoms with Crippen LogP contribution in [0.3, 0.4) is 0 Å². The molecule has 0 unspecified atom stereocenters. The number of benzene rings is 1. The van der Waals surface area contributed by atoms with E-state index in [2.05, 4.69) is 15.5 Å². The number of nitrogens with zero attached hydrogens (tertiary/aromatic N) is 1. The van der Waals surface area contributed by atoms with E-state index in [1.165, 1.54) is 0 Å². The monoisotopic (exact) mass is 237 g/mol. The number of hydrogen-bond acceptors (Lipinski definition) is 3. The fourth-order valence-corrected chi connectivity index (χ4v) is 2.58. The minimum absolute atomic E-state index is 0.0483. The highest BCUT2D eigenvalue weighted by molar-refractivity contribution is 6.34. The van der Waals surface area contributed by atoms with Crippen molar-refractivity contribution in [3.05, 3.63) is 28.8 Å². The van der Waals surface area contributed by atoms with Gasteiger partial charge in [-0.25, -0.2) is 0 Å². The third-order valence-electron chi connectivity index (χ3n) is 3.07. The molecule has 3 rings (SSSR count). The normalized spacial score (nSPS) is 23.4. The first-order valence-electron chi connectivity index (χ1n) is 5.34. The van der Waals surface area contributed by atoms with Gasteiger partial charge in [0.2, 0.25) is 0 Å². The first-order valence-corrected chi connectivity index (χ1v) is 5.72. The second-order valence-electron chi connectivity index (χ2n) is 4.02. The van der Waals surface area contributed by atoms with Crippen molar-refractivity contribution in [3.8, 4) is 0 Å². The van der Waals surface area contributed by atoms with E-state index in [1.807, 2.05) is 12.1 Å². The molecule has 1 saturated heterocycles. The highest BCUT2D eigenvalue weighted by atomic mass is 35.5. The van der Waals surface area contributed by atoms with E-state index in [-0.39, 0.29) is 12.1 Å². The summed E-state index contributed by atoms with van der Waals surface area (Å²) < 4.78 is 0. The van der Waals surface area contributed by atoms with E-state index < -0.39 is 0 Å². The molecular weight excluding hydrogens is 226 g/mol. The molecule has 1 fully saturated rings. The summed E-state index contributed by atoms with van der Waals surface area (Å²) in [5, 5.41) is 6.74. The van der Waals surface area contributed by atoms with Crippen LogP contribution >= 0.6 is 11.6 Å². The molecule has 1 aromatic rings. The second kappa shape index (κ2) is 3.64. The smallest absolute Gasteiger partial charge is 0.256 e. The van der Waals surface area contributed by atoms with Gasteiger partial charge in [-0.2, -0.15) is 0 Å². The van der Waals surface area contributed by atoms with Crippen molar-refractivity contribution in [2.24, 2.45) is 0 Å². The van der Waals surface area contributed by atoms with Crippen molar-refractivity contribution in [3.63, 3.8) is 0 Å². The lowest BCUT2D eigenvalue weighted by atomic mass is 10.1. The zero-order valence-electron chi connectivity index (χ0n) is 8.66. The van der Waals surface area contributed by atoms with Gasteiger partial charge >= 0.3 is 0 Å². The van der Waals surface area contributed by atoms with Crippen molar-refractivity contribution < 1.29 is 4.79 Å². The van der Waals surface area contributed by atoms with Gasteiger partial charge in [0.1, 0.15) is 6.17 Å². The molecule has 0 radical (unpaired) electrons. The van der Waals surface area contributed by atoms with Crippen LogP contribution < -0.4 is 15.5 Å². The molecule has 0 aromatic heterocycles. The standard InChI is InChI=1S/C11H12ClN3O/c12-7-2-1-3-8-10(7)11(16)14-9-6-13-4-5-15(8)9/h1-3,9,13H,4-6H2,(H,14,16)/t9-/m0/s1. The number of hydrogen-bond donors (Lipinski definition) is 2. The van der Waals surface area contributed by atoms with Crippen LogP contribution in [-0.2, 0) is 0 Å². The Labute approximate surface area is 98.6 Å². The Kier molecular flexibility index (Phi) is 2.26. The second-order valence-corrected chi connectivity index (χ2v) is 4.43. The number of fused-ring (bicyclic) bond motifs is 3. The van der Waals surface area contributed by atoms with Crippen LogP contribution in [0.4, 0.5) is 5.69 Å². The molecule has 0 spiro atoms. The fraction of sp³-hybridized carbons (Fsp3) is 0.364. The maximum atomic E-state index is 11.9. The van der Waals surface area contributed by atoms with Gasteiger partial charge in [0.15, 0.2) is 0 Å². The van der Waals surface area contributed by atoms with Gasteiger partial charge in [-0.3, -0.25) is 4.79 Å². The van der Waals surface area contributed by atoms with Crippen molar-refractivity contribution in [2.45, 2.75) is 6.17 Å². The van der Waals surface area contributed by atoms with E-state index >= 15 is 0 Å². The number of carbonyl (C=O) groups is 1. The van der Waals surface area contributed by atoms with Crippen LogP contribution in [0.25, 0.3) is 0 Å². The van der Waals surface area contributed by atoms with Crippen LogP contribution in [-0.4, -0.2) is 31.7 Å². The van der Waals surface area contributed by atoms with Crippen molar-refractivity contribution >= 4 is 23.2 Å². The van der Waals surface area contributed by atoms with Gasteiger partial charge < -0.3 is 15.5 Å². The number of nitrogens with one attached hydrogen (secondary N) is 2.